The average molecular weight is 406 g/mol. The molecule has 0 saturated heterocycles. The molecule has 1 saturated carbocycles. The maximum absolute atomic E-state index is 13.0. The number of anilines is 1. The number of thiazole rings is 1. The molecule has 1 fully saturated rings. The van der Waals surface area contributed by atoms with Crippen LogP contribution in [0.5, 0.6) is 0 Å². The van der Waals surface area contributed by atoms with E-state index in [1.54, 1.807) is 18.3 Å². The fraction of sp³-hybridized carbons (Fsp3) is 0.556. The molecule has 144 valence electrons. The first kappa shape index (κ1) is 18.4. The fourth-order valence-electron chi connectivity index (χ4n) is 3.62. The zero-order valence-corrected chi connectivity index (χ0v) is 17.4. The van der Waals surface area contributed by atoms with Gasteiger partial charge >= 0.3 is 0 Å². The molecule has 0 spiro atoms. The summed E-state index contributed by atoms with van der Waals surface area (Å²) in [6.07, 6.45) is 3.76. The van der Waals surface area contributed by atoms with Gasteiger partial charge in [-0.25, -0.2) is 4.98 Å². The van der Waals surface area contributed by atoms with Gasteiger partial charge in [0.25, 0.3) is 5.91 Å². The second-order valence-corrected chi connectivity index (χ2v) is 8.87. The second kappa shape index (κ2) is 7.20. The largest absolute Gasteiger partial charge is 0.349 e. The molecule has 0 radical (unpaired) electrons. The molecule has 3 heterocycles. The Balaban J connectivity index is 1.57. The van der Waals surface area contributed by atoms with Gasteiger partial charge in [-0.1, -0.05) is 29.3 Å². The molecule has 1 amide bonds. The molecule has 4 rings (SSSR count). The standard InChI is InChI=1S/C18H23N5O2S2/c1-4-23(5-2)17-20-15-13(27-17)10-12(26-15)14(24)21-18(8-6-7-9-18)16-19-11(3)25-22-16/h10H,4-9H2,1-3H3,(H,21,24). The van der Waals surface area contributed by atoms with Crippen LogP contribution < -0.4 is 10.2 Å². The molecule has 1 aliphatic carbocycles. The first-order valence-corrected chi connectivity index (χ1v) is 11.0. The summed E-state index contributed by atoms with van der Waals surface area (Å²) in [7, 11) is 0. The predicted octanol–water partition coefficient (Wildman–Crippen LogP) is 4.09. The second-order valence-electron chi connectivity index (χ2n) is 6.83. The van der Waals surface area contributed by atoms with Crippen molar-refractivity contribution >= 4 is 43.2 Å². The van der Waals surface area contributed by atoms with Gasteiger partial charge in [0.05, 0.1) is 9.58 Å². The Kier molecular flexibility index (Phi) is 4.90. The van der Waals surface area contributed by atoms with Gasteiger partial charge in [-0.3, -0.25) is 4.79 Å². The number of amides is 1. The van der Waals surface area contributed by atoms with Crippen LogP contribution in [0.3, 0.4) is 0 Å². The lowest BCUT2D eigenvalue weighted by atomic mass is 9.96. The van der Waals surface area contributed by atoms with Gasteiger partial charge in [0.15, 0.2) is 11.0 Å². The lowest BCUT2D eigenvalue weighted by Gasteiger charge is -2.26. The number of thiophene rings is 1. The van der Waals surface area contributed by atoms with Crippen LogP contribution >= 0.6 is 22.7 Å². The molecule has 27 heavy (non-hydrogen) atoms. The molecule has 1 aliphatic rings. The third kappa shape index (κ3) is 3.34. The third-order valence-electron chi connectivity index (χ3n) is 5.10. The van der Waals surface area contributed by atoms with Crippen LogP contribution in [0.4, 0.5) is 5.13 Å². The van der Waals surface area contributed by atoms with E-state index < -0.39 is 5.54 Å². The fourth-order valence-corrected chi connectivity index (χ4v) is 5.85. The summed E-state index contributed by atoms with van der Waals surface area (Å²) in [4.78, 5) is 25.9. The number of aromatic nitrogens is 3. The maximum atomic E-state index is 13.0. The summed E-state index contributed by atoms with van der Waals surface area (Å²) in [5, 5.41) is 8.30. The minimum Gasteiger partial charge on any atom is -0.349 e. The number of carbonyl (C=O) groups excluding carboxylic acids is 1. The summed E-state index contributed by atoms with van der Waals surface area (Å²) >= 11 is 3.08. The van der Waals surface area contributed by atoms with E-state index in [2.05, 4.69) is 34.2 Å². The third-order valence-corrected chi connectivity index (χ3v) is 7.32. The van der Waals surface area contributed by atoms with Crippen molar-refractivity contribution in [3.63, 3.8) is 0 Å². The van der Waals surface area contributed by atoms with Crippen molar-refractivity contribution in [3.05, 3.63) is 22.7 Å². The number of hydrogen-bond acceptors (Lipinski definition) is 8. The Hall–Kier alpha value is -2.00. The minimum atomic E-state index is -0.522. The Morgan fingerprint density at radius 3 is 2.59 bits per heavy atom. The van der Waals surface area contributed by atoms with Crippen molar-refractivity contribution in [3.8, 4) is 0 Å². The molecular weight excluding hydrogens is 382 g/mol. The van der Waals surface area contributed by atoms with E-state index in [0.717, 1.165) is 53.4 Å². The number of nitrogens with zero attached hydrogens (tertiary/aromatic N) is 4. The summed E-state index contributed by atoms with van der Waals surface area (Å²) in [5.74, 6) is 1.03. The molecule has 9 heteroatoms. The number of aryl methyl sites for hydroxylation is 1. The van der Waals surface area contributed by atoms with Crippen LogP contribution in [-0.2, 0) is 5.54 Å². The lowest BCUT2D eigenvalue weighted by molar-refractivity contribution is 0.0896. The van der Waals surface area contributed by atoms with Gasteiger partial charge in [0.1, 0.15) is 10.4 Å². The van der Waals surface area contributed by atoms with Crippen molar-refractivity contribution < 1.29 is 9.32 Å². The molecule has 3 aromatic heterocycles. The number of hydrogen-bond donors (Lipinski definition) is 1. The zero-order chi connectivity index (χ0) is 19.0. The topological polar surface area (TPSA) is 84.2 Å². The number of nitrogens with one attached hydrogen (secondary N) is 1. The maximum Gasteiger partial charge on any atom is 0.262 e. The van der Waals surface area contributed by atoms with Crippen molar-refractivity contribution in [2.24, 2.45) is 0 Å². The number of rotatable bonds is 6. The Bertz CT molecular complexity index is 919. The van der Waals surface area contributed by atoms with Crippen molar-refractivity contribution in [1.82, 2.24) is 20.4 Å². The predicted molar refractivity (Wildman–Crippen MR) is 108 cm³/mol. The number of carbonyl (C=O) groups is 1. The van der Waals surface area contributed by atoms with Gasteiger partial charge < -0.3 is 14.7 Å². The van der Waals surface area contributed by atoms with Crippen LogP contribution in [0.25, 0.3) is 9.53 Å². The normalized spacial score (nSPS) is 16.1. The average Bonchev–Trinajstić information content (AvgIpc) is 3.39. The lowest BCUT2D eigenvalue weighted by Crippen LogP contribution is -2.44. The van der Waals surface area contributed by atoms with Gasteiger partial charge in [-0.15, -0.1) is 11.3 Å². The Labute approximate surface area is 165 Å². The van der Waals surface area contributed by atoms with Crippen molar-refractivity contribution in [2.45, 2.75) is 52.0 Å². The molecule has 0 aromatic carbocycles. The molecular formula is C18H23N5O2S2. The van der Waals surface area contributed by atoms with Crippen LogP contribution in [0, 0.1) is 6.92 Å². The quantitative estimate of drug-likeness (QED) is 0.665. The van der Waals surface area contributed by atoms with E-state index in [0.29, 0.717) is 16.6 Å². The highest BCUT2D eigenvalue weighted by Gasteiger charge is 2.41. The van der Waals surface area contributed by atoms with E-state index in [9.17, 15) is 4.79 Å². The molecule has 1 N–H and O–H groups in total. The summed E-state index contributed by atoms with van der Waals surface area (Å²) < 4.78 is 6.22. The van der Waals surface area contributed by atoms with E-state index in [1.165, 1.54) is 11.3 Å². The van der Waals surface area contributed by atoms with Gasteiger partial charge in [-0.2, -0.15) is 4.98 Å². The van der Waals surface area contributed by atoms with Crippen molar-refractivity contribution in [2.75, 3.05) is 18.0 Å². The monoisotopic (exact) mass is 405 g/mol. The summed E-state index contributed by atoms with van der Waals surface area (Å²) in [5.41, 5.74) is -0.522. The van der Waals surface area contributed by atoms with Crippen LogP contribution in [0.1, 0.15) is 60.9 Å². The van der Waals surface area contributed by atoms with E-state index in [4.69, 9.17) is 9.51 Å². The first-order valence-electron chi connectivity index (χ1n) is 9.33. The van der Waals surface area contributed by atoms with Crippen molar-refractivity contribution in [1.29, 1.82) is 0 Å². The van der Waals surface area contributed by atoms with Gasteiger partial charge in [-0.05, 0) is 32.8 Å². The van der Waals surface area contributed by atoms with Crippen LogP contribution in [0.2, 0.25) is 0 Å². The molecule has 3 aromatic rings. The minimum absolute atomic E-state index is 0.0843. The SMILES string of the molecule is CCN(CC)c1nc2sc(C(=O)NC3(c4noc(C)n4)CCCC3)cc2s1. The van der Waals surface area contributed by atoms with E-state index >= 15 is 0 Å². The smallest absolute Gasteiger partial charge is 0.262 e. The zero-order valence-electron chi connectivity index (χ0n) is 15.7. The highest BCUT2D eigenvalue weighted by atomic mass is 32.1. The Morgan fingerprint density at radius 2 is 2.00 bits per heavy atom. The summed E-state index contributed by atoms with van der Waals surface area (Å²) in [6, 6.07) is 1.95. The molecule has 0 aliphatic heterocycles. The molecule has 0 bridgehead atoms. The molecule has 0 atom stereocenters. The highest BCUT2D eigenvalue weighted by molar-refractivity contribution is 7.29. The van der Waals surface area contributed by atoms with E-state index in [1.807, 2.05) is 6.07 Å². The Morgan fingerprint density at radius 1 is 1.26 bits per heavy atom. The van der Waals surface area contributed by atoms with E-state index in [-0.39, 0.29) is 5.91 Å². The molecule has 0 unspecified atom stereocenters. The number of fused-ring (bicyclic) bond motifs is 1. The van der Waals surface area contributed by atoms with Crippen LogP contribution in [0.15, 0.2) is 10.6 Å². The first-order chi connectivity index (χ1) is 13.0. The summed E-state index contributed by atoms with van der Waals surface area (Å²) in [6.45, 7) is 7.87. The van der Waals surface area contributed by atoms with Gasteiger partial charge in [0, 0.05) is 20.0 Å². The molecule has 7 nitrogen and oxygen atoms in total. The van der Waals surface area contributed by atoms with Gasteiger partial charge in [0.2, 0.25) is 5.89 Å². The van der Waals surface area contributed by atoms with Crippen LogP contribution in [-0.4, -0.2) is 34.1 Å². The highest BCUT2D eigenvalue weighted by Crippen LogP contribution is 2.39.